The van der Waals surface area contributed by atoms with E-state index in [1.807, 2.05) is 0 Å². The van der Waals surface area contributed by atoms with Crippen LogP contribution < -0.4 is 15.5 Å². The quantitative estimate of drug-likeness (QED) is 0.229. The molecule has 0 saturated heterocycles. The van der Waals surface area contributed by atoms with Crippen LogP contribution in [-0.4, -0.2) is 38.3 Å². The van der Waals surface area contributed by atoms with Gasteiger partial charge in [0, 0.05) is 45.9 Å². The zero-order valence-corrected chi connectivity index (χ0v) is 19.2. The lowest BCUT2D eigenvalue weighted by molar-refractivity contribution is -0.139. The Bertz CT molecular complexity index is 905. The molecule has 0 atom stereocenters. The molecule has 2 aromatic rings. The van der Waals surface area contributed by atoms with Gasteiger partial charge < -0.3 is 14.8 Å². The summed E-state index contributed by atoms with van der Waals surface area (Å²) in [6.07, 6.45) is 1.98. The van der Waals surface area contributed by atoms with E-state index in [1.54, 1.807) is 43.5 Å². The van der Waals surface area contributed by atoms with Gasteiger partial charge in [-0.3, -0.25) is 9.59 Å². The average molecular weight is 517 g/mol. The first kappa shape index (κ1) is 24.1. The summed E-state index contributed by atoms with van der Waals surface area (Å²) in [5.74, 6) is -1.15. The maximum absolute atomic E-state index is 11.8. The van der Waals surface area contributed by atoms with Crippen molar-refractivity contribution < 1.29 is 19.1 Å². The van der Waals surface area contributed by atoms with Crippen LogP contribution >= 0.6 is 39.1 Å². The van der Waals surface area contributed by atoms with E-state index >= 15 is 0 Å². The van der Waals surface area contributed by atoms with E-state index in [0.29, 0.717) is 46.5 Å². The number of hydrazone groups is 1. The number of halogens is 3. The van der Waals surface area contributed by atoms with Crippen LogP contribution in [0.4, 0.5) is 0 Å². The lowest BCUT2D eigenvalue weighted by Crippen LogP contribution is -2.38. The number of rotatable bonds is 9. The van der Waals surface area contributed by atoms with E-state index < -0.39 is 11.8 Å². The molecule has 0 spiro atoms. The second kappa shape index (κ2) is 12.5. The summed E-state index contributed by atoms with van der Waals surface area (Å²) >= 11 is 15.7. The Morgan fingerprint density at radius 1 is 1.17 bits per heavy atom. The number of benzene rings is 2. The highest BCUT2D eigenvalue weighted by Crippen LogP contribution is 2.27. The van der Waals surface area contributed by atoms with E-state index in [-0.39, 0.29) is 6.61 Å². The molecule has 160 valence electrons. The highest BCUT2D eigenvalue weighted by Gasteiger charge is 2.12. The molecule has 0 heterocycles. The number of nitrogens with one attached hydrogen (secondary N) is 2. The molecule has 2 amide bonds. The molecule has 0 aliphatic carbocycles. The summed E-state index contributed by atoms with van der Waals surface area (Å²) in [4.78, 5) is 23.5. The van der Waals surface area contributed by atoms with Crippen molar-refractivity contribution in [3.05, 3.63) is 62.0 Å². The first-order valence-electron chi connectivity index (χ1n) is 8.87. The highest BCUT2D eigenvalue weighted by atomic mass is 79.9. The third kappa shape index (κ3) is 7.60. The summed E-state index contributed by atoms with van der Waals surface area (Å²) in [5, 5.41) is 7.31. The Balaban J connectivity index is 1.99. The van der Waals surface area contributed by atoms with Crippen molar-refractivity contribution in [3.8, 4) is 5.75 Å². The van der Waals surface area contributed by atoms with Crippen LogP contribution in [0.3, 0.4) is 0 Å². The fourth-order valence-corrected chi connectivity index (χ4v) is 3.17. The maximum Gasteiger partial charge on any atom is 0.329 e. The summed E-state index contributed by atoms with van der Waals surface area (Å²) in [6.45, 7) is 0.973. The molecule has 0 saturated carbocycles. The molecule has 2 aromatic carbocycles. The first-order chi connectivity index (χ1) is 14.4. The molecule has 0 unspecified atom stereocenters. The van der Waals surface area contributed by atoms with Crippen LogP contribution in [0.5, 0.6) is 5.75 Å². The van der Waals surface area contributed by atoms with Gasteiger partial charge in [-0.1, -0.05) is 45.2 Å². The molecule has 0 aromatic heterocycles. The zero-order valence-electron chi connectivity index (χ0n) is 16.1. The van der Waals surface area contributed by atoms with E-state index in [9.17, 15) is 9.59 Å². The second-order valence-electron chi connectivity index (χ2n) is 5.97. The lowest BCUT2D eigenvalue weighted by Gasteiger charge is -2.12. The summed E-state index contributed by atoms with van der Waals surface area (Å²) < 4.78 is 11.5. The molecule has 0 radical (unpaired) electrons. The monoisotopic (exact) mass is 515 g/mol. The van der Waals surface area contributed by atoms with Crippen LogP contribution in [-0.2, 0) is 20.9 Å². The minimum absolute atomic E-state index is 0.150. The van der Waals surface area contributed by atoms with Crippen molar-refractivity contribution in [1.82, 2.24) is 10.7 Å². The number of amides is 2. The van der Waals surface area contributed by atoms with Gasteiger partial charge in [0.15, 0.2) is 0 Å². The number of methoxy groups -OCH3 is 1. The van der Waals surface area contributed by atoms with Gasteiger partial charge in [-0.25, -0.2) is 5.43 Å². The van der Waals surface area contributed by atoms with Gasteiger partial charge >= 0.3 is 11.8 Å². The fraction of sp³-hybridized carbons (Fsp3) is 0.250. The maximum atomic E-state index is 11.8. The number of nitrogens with zero attached hydrogens (tertiary/aromatic N) is 1. The Morgan fingerprint density at radius 3 is 2.60 bits per heavy atom. The standard InChI is InChI=1S/C20H20BrCl2N3O4/c1-29-9-3-8-24-19(27)20(28)26-25-11-13-10-14(21)6-7-18(13)30-12-15-16(22)4-2-5-17(15)23/h2,4-7,10-11H,3,8-9,12H2,1H3,(H,24,27)(H,26,28)/b25-11-. The molecular weight excluding hydrogens is 497 g/mol. The average Bonchev–Trinajstić information content (AvgIpc) is 2.72. The van der Waals surface area contributed by atoms with Crippen LogP contribution in [0.2, 0.25) is 10.0 Å². The van der Waals surface area contributed by atoms with Gasteiger partial charge in [0.05, 0.1) is 6.21 Å². The molecule has 10 heteroatoms. The largest absolute Gasteiger partial charge is 0.488 e. The van der Waals surface area contributed by atoms with Gasteiger partial charge in [-0.15, -0.1) is 0 Å². The van der Waals surface area contributed by atoms with Crippen LogP contribution in [0.25, 0.3) is 0 Å². The van der Waals surface area contributed by atoms with E-state index in [1.165, 1.54) is 6.21 Å². The summed E-state index contributed by atoms with van der Waals surface area (Å²) in [5.41, 5.74) is 3.42. The van der Waals surface area contributed by atoms with Gasteiger partial charge in [0.1, 0.15) is 12.4 Å². The molecule has 0 fully saturated rings. The minimum atomic E-state index is -0.871. The van der Waals surface area contributed by atoms with E-state index in [4.69, 9.17) is 32.7 Å². The molecule has 0 bridgehead atoms. The molecule has 2 N–H and O–H groups in total. The number of ether oxygens (including phenoxy) is 2. The molecular formula is C20H20BrCl2N3O4. The van der Waals surface area contributed by atoms with Crippen molar-refractivity contribution in [1.29, 1.82) is 0 Å². The Labute approximate surface area is 192 Å². The highest BCUT2D eigenvalue weighted by molar-refractivity contribution is 9.10. The summed E-state index contributed by atoms with van der Waals surface area (Å²) in [7, 11) is 1.56. The van der Waals surface area contributed by atoms with Crippen LogP contribution in [0.15, 0.2) is 46.0 Å². The van der Waals surface area contributed by atoms with Crippen molar-refractivity contribution >= 4 is 57.2 Å². The number of hydrogen-bond donors (Lipinski definition) is 2. The second-order valence-corrected chi connectivity index (χ2v) is 7.70. The lowest BCUT2D eigenvalue weighted by atomic mass is 10.2. The summed E-state index contributed by atoms with van der Waals surface area (Å²) in [6, 6.07) is 10.5. The fourth-order valence-electron chi connectivity index (χ4n) is 2.28. The van der Waals surface area contributed by atoms with E-state index in [0.717, 1.165) is 4.47 Å². The third-order valence-corrected chi connectivity index (χ3v) is 4.99. The first-order valence-corrected chi connectivity index (χ1v) is 10.4. The molecule has 0 aliphatic rings. The molecule has 2 rings (SSSR count). The number of carbonyl (C=O) groups is 2. The SMILES string of the molecule is COCCCNC(=O)C(=O)N/N=C\c1cc(Br)ccc1OCc1c(Cl)cccc1Cl. The predicted octanol–water partition coefficient (Wildman–Crippen LogP) is 3.94. The number of carbonyl (C=O) groups excluding carboxylic acids is 2. The van der Waals surface area contributed by atoms with Crippen molar-refractivity contribution in [3.63, 3.8) is 0 Å². The molecule has 0 aliphatic heterocycles. The smallest absolute Gasteiger partial charge is 0.329 e. The molecule has 7 nitrogen and oxygen atoms in total. The molecule has 30 heavy (non-hydrogen) atoms. The third-order valence-electron chi connectivity index (χ3n) is 3.79. The van der Waals surface area contributed by atoms with Gasteiger partial charge in [0.25, 0.3) is 0 Å². The van der Waals surface area contributed by atoms with Gasteiger partial charge in [0.2, 0.25) is 0 Å². The Kier molecular flexibility index (Phi) is 10.1. The Morgan fingerprint density at radius 2 is 1.90 bits per heavy atom. The minimum Gasteiger partial charge on any atom is -0.488 e. The van der Waals surface area contributed by atoms with Crippen LogP contribution in [0.1, 0.15) is 17.5 Å². The van der Waals surface area contributed by atoms with Crippen molar-refractivity contribution in [2.75, 3.05) is 20.3 Å². The zero-order chi connectivity index (χ0) is 21.9. The normalized spacial score (nSPS) is 10.8. The number of hydrogen-bond acceptors (Lipinski definition) is 5. The topological polar surface area (TPSA) is 89.0 Å². The van der Waals surface area contributed by atoms with Crippen LogP contribution in [0, 0.1) is 0 Å². The van der Waals surface area contributed by atoms with Crippen molar-refractivity contribution in [2.24, 2.45) is 5.10 Å². The van der Waals surface area contributed by atoms with E-state index in [2.05, 4.69) is 31.8 Å². The van der Waals surface area contributed by atoms with Crippen molar-refractivity contribution in [2.45, 2.75) is 13.0 Å². The van der Waals surface area contributed by atoms with Gasteiger partial charge in [-0.2, -0.15) is 5.10 Å². The Hall–Kier alpha value is -2.13. The van der Waals surface area contributed by atoms with Gasteiger partial charge in [-0.05, 0) is 36.8 Å². The predicted molar refractivity (Wildman–Crippen MR) is 120 cm³/mol.